The number of aryl methyl sites for hydroxylation is 1. The monoisotopic (exact) mass is 333 g/mol. The van der Waals surface area contributed by atoms with Crippen LogP contribution in [-0.4, -0.2) is 18.4 Å². The molecular formula is C12H13Cl2N3O2S. The van der Waals surface area contributed by atoms with E-state index in [2.05, 4.69) is 14.7 Å². The molecule has 0 unspecified atom stereocenters. The molecule has 0 radical (unpaired) electrons. The highest BCUT2D eigenvalue weighted by Crippen LogP contribution is 2.33. The van der Waals surface area contributed by atoms with Crippen LogP contribution in [0.25, 0.3) is 0 Å². The van der Waals surface area contributed by atoms with E-state index in [-0.39, 0.29) is 16.5 Å². The van der Waals surface area contributed by atoms with Gasteiger partial charge in [0.2, 0.25) is 10.0 Å². The molecule has 5 nitrogen and oxygen atoms in total. The van der Waals surface area contributed by atoms with E-state index in [1.54, 1.807) is 26.1 Å². The molecule has 108 valence electrons. The first-order valence-corrected chi connectivity index (χ1v) is 7.99. The van der Waals surface area contributed by atoms with Gasteiger partial charge in [-0.05, 0) is 31.0 Å². The van der Waals surface area contributed by atoms with E-state index in [0.29, 0.717) is 21.8 Å². The minimum atomic E-state index is -3.76. The lowest BCUT2D eigenvalue weighted by Gasteiger charge is -2.13. The zero-order chi connectivity index (χ0) is 14.9. The van der Waals surface area contributed by atoms with Crippen LogP contribution in [0.3, 0.4) is 0 Å². The zero-order valence-electron chi connectivity index (χ0n) is 10.9. The Balaban J connectivity index is 2.39. The number of benzene rings is 1. The highest BCUT2D eigenvalue weighted by molar-refractivity contribution is 7.89. The van der Waals surface area contributed by atoms with Gasteiger partial charge in [0, 0.05) is 16.9 Å². The predicted molar refractivity (Wildman–Crippen MR) is 78.5 cm³/mol. The summed E-state index contributed by atoms with van der Waals surface area (Å²) >= 11 is 12.1. The first-order valence-electron chi connectivity index (χ1n) is 5.75. The van der Waals surface area contributed by atoms with Crippen molar-refractivity contribution in [3.63, 3.8) is 0 Å². The summed E-state index contributed by atoms with van der Waals surface area (Å²) in [6.45, 7) is 3.43. The van der Waals surface area contributed by atoms with Gasteiger partial charge in [-0.3, -0.25) is 0 Å². The van der Waals surface area contributed by atoms with Crippen LogP contribution in [0.2, 0.25) is 10.0 Å². The smallest absolute Gasteiger partial charge is 0.242 e. The van der Waals surface area contributed by atoms with Crippen molar-refractivity contribution in [1.82, 2.24) is 14.7 Å². The van der Waals surface area contributed by atoms with Crippen molar-refractivity contribution in [3.8, 4) is 0 Å². The Hall–Kier alpha value is -1.08. The molecule has 0 bridgehead atoms. The molecule has 0 aliphatic heterocycles. The Labute approximate surface area is 127 Å². The van der Waals surface area contributed by atoms with Crippen LogP contribution in [0, 0.1) is 13.8 Å². The maximum Gasteiger partial charge on any atom is 0.242 e. The number of halogens is 2. The molecule has 0 amide bonds. The fraction of sp³-hybridized carbons (Fsp3) is 0.250. The molecule has 0 fully saturated rings. The van der Waals surface area contributed by atoms with Crippen LogP contribution < -0.4 is 4.72 Å². The van der Waals surface area contributed by atoms with E-state index in [1.807, 2.05) is 0 Å². The van der Waals surface area contributed by atoms with Crippen LogP contribution >= 0.6 is 23.2 Å². The van der Waals surface area contributed by atoms with Crippen molar-refractivity contribution < 1.29 is 8.42 Å². The Morgan fingerprint density at radius 1 is 1.35 bits per heavy atom. The van der Waals surface area contributed by atoms with Crippen LogP contribution in [0.5, 0.6) is 0 Å². The summed E-state index contributed by atoms with van der Waals surface area (Å²) in [6.07, 6.45) is 3.02. The quantitative estimate of drug-likeness (QED) is 0.903. The molecule has 2 rings (SSSR count). The minimum absolute atomic E-state index is 0.0173. The first kappa shape index (κ1) is 15.3. The molecule has 20 heavy (non-hydrogen) atoms. The maximum atomic E-state index is 12.4. The fourth-order valence-corrected chi connectivity index (χ4v) is 3.97. The largest absolute Gasteiger partial charge is 0.347 e. The van der Waals surface area contributed by atoms with E-state index in [0.717, 1.165) is 0 Å². The molecule has 0 spiro atoms. The molecule has 1 aromatic carbocycles. The van der Waals surface area contributed by atoms with Crippen LogP contribution in [0.1, 0.15) is 16.8 Å². The van der Waals surface area contributed by atoms with Crippen molar-refractivity contribution in [3.05, 3.63) is 45.5 Å². The molecule has 0 saturated carbocycles. The molecule has 0 saturated heterocycles. The summed E-state index contributed by atoms with van der Waals surface area (Å²) in [6, 6.07) is 1.65. The standard InChI is InChI=1S/C12H13Cl2N3O2S/c1-7-3-10(13)8(2)12(11(7)14)20(18,19)17-5-9-4-15-6-16-9/h3-4,6,17H,5H2,1-2H3,(H,15,16). The molecule has 1 aromatic heterocycles. The Bertz CT molecular complexity index is 701. The molecule has 1 heterocycles. The molecule has 8 heteroatoms. The maximum absolute atomic E-state index is 12.4. The van der Waals surface area contributed by atoms with Gasteiger partial charge in [0.1, 0.15) is 4.90 Å². The average molecular weight is 334 g/mol. The topological polar surface area (TPSA) is 74.8 Å². The van der Waals surface area contributed by atoms with E-state index in [4.69, 9.17) is 23.2 Å². The number of aromatic nitrogens is 2. The Morgan fingerprint density at radius 3 is 2.65 bits per heavy atom. The van der Waals surface area contributed by atoms with Crippen molar-refractivity contribution in [1.29, 1.82) is 0 Å². The second kappa shape index (κ2) is 5.73. The molecule has 2 N–H and O–H groups in total. The molecule has 0 aliphatic carbocycles. The average Bonchev–Trinajstić information content (AvgIpc) is 2.87. The van der Waals surface area contributed by atoms with E-state index in [1.165, 1.54) is 6.33 Å². The highest BCUT2D eigenvalue weighted by Gasteiger charge is 2.23. The number of imidazole rings is 1. The number of hydrogen-bond acceptors (Lipinski definition) is 3. The molecular weight excluding hydrogens is 321 g/mol. The summed E-state index contributed by atoms with van der Waals surface area (Å²) in [4.78, 5) is 6.65. The van der Waals surface area contributed by atoms with Gasteiger partial charge in [0.25, 0.3) is 0 Å². The minimum Gasteiger partial charge on any atom is -0.347 e. The highest BCUT2D eigenvalue weighted by atomic mass is 35.5. The van der Waals surface area contributed by atoms with Crippen LogP contribution in [0.4, 0.5) is 0 Å². The summed E-state index contributed by atoms with van der Waals surface area (Å²) in [5.41, 5.74) is 1.70. The summed E-state index contributed by atoms with van der Waals surface area (Å²) in [5.74, 6) is 0. The second-order valence-corrected chi connectivity index (χ2v) is 6.83. The SMILES string of the molecule is Cc1cc(Cl)c(C)c(S(=O)(=O)NCc2cnc[nH]2)c1Cl. The lowest BCUT2D eigenvalue weighted by molar-refractivity contribution is 0.580. The third kappa shape index (κ3) is 2.98. The number of rotatable bonds is 4. The Morgan fingerprint density at radius 2 is 2.05 bits per heavy atom. The van der Waals surface area contributed by atoms with E-state index >= 15 is 0 Å². The van der Waals surface area contributed by atoms with Crippen LogP contribution in [-0.2, 0) is 16.6 Å². The molecule has 0 aliphatic rings. The van der Waals surface area contributed by atoms with Crippen molar-refractivity contribution in [2.24, 2.45) is 0 Å². The van der Waals surface area contributed by atoms with Crippen molar-refractivity contribution in [2.75, 3.05) is 0 Å². The van der Waals surface area contributed by atoms with Crippen LogP contribution in [0.15, 0.2) is 23.5 Å². The van der Waals surface area contributed by atoms with Crippen molar-refractivity contribution >= 4 is 33.2 Å². The van der Waals surface area contributed by atoms with Gasteiger partial charge < -0.3 is 4.98 Å². The van der Waals surface area contributed by atoms with Gasteiger partial charge in [-0.15, -0.1) is 0 Å². The van der Waals surface area contributed by atoms with Gasteiger partial charge in [0.15, 0.2) is 0 Å². The molecule has 2 aromatic rings. The van der Waals surface area contributed by atoms with Gasteiger partial charge >= 0.3 is 0 Å². The zero-order valence-corrected chi connectivity index (χ0v) is 13.2. The molecule has 0 atom stereocenters. The third-order valence-electron chi connectivity index (χ3n) is 2.86. The summed E-state index contributed by atoms with van der Waals surface area (Å²) in [7, 11) is -3.76. The van der Waals surface area contributed by atoms with Gasteiger partial charge in [0.05, 0.1) is 17.9 Å². The number of aromatic amines is 1. The lowest BCUT2D eigenvalue weighted by atomic mass is 10.2. The number of H-pyrrole nitrogens is 1. The normalized spacial score (nSPS) is 11.8. The summed E-state index contributed by atoms with van der Waals surface area (Å²) in [5, 5.41) is 0.554. The Kier molecular flexibility index (Phi) is 4.39. The fourth-order valence-electron chi connectivity index (χ4n) is 1.76. The van der Waals surface area contributed by atoms with Gasteiger partial charge in [-0.1, -0.05) is 23.2 Å². The van der Waals surface area contributed by atoms with Crippen molar-refractivity contribution in [2.45, 2.75) is 25.3 Å². The number of nitrogens with one attached hydrogen (secondary N) is 2. The predicted octanol–water partition coefficient (Wildman–Crippen LogP) is 2.81. The third-order valence-corrected chi connectivity index (χ3v) is 5.43. The summed E-state index contributed by atoms with van der Waals surface area (Å²) < 4.78 is 27.2. The van der Waals surface area contributed by atoms with E-state index in [9.17, 15) is 8.42 Å². The second-order valence-electron chi connectivity index (χ2n) is 4.34. The first-order chi connectivity index (χ1) is 9.33. The number of sulfonamides is 1. The van der Waals surface area contributed by atoms with E-state index < -0.39 is 10.0 Å². The van der Waals surface area contributed by atoms with Gasteiger partial charge in [-0.25, -0.2) is 18.1 Å². The lowest BCUT2D eigenvalue weighted by Crippen LogP contribution is -2.24. The van der Waals surface area contributed by atoms with Gasteiger partial charge in [-0.2, -0.15) is 0 Å². The number of hydrogen-bond donors (Lipinski definition) is 2. The number of nitrogens with zero attached hydrogens (tertiary/aromatic N) is 1.